The first kappa shape index (κ1) is 10.0. The molecule has 0 spiro atoms. The van der Waals surface area contributed by atoms with Gasteiger partial charge in [0.05, 0.1) is 0 Å². The van der Waals surface area contributed by atoms with Gasteiger partial charge < -0.3 is 5.73 Å². The van der Waals surface area contributed by atoms with Crippen molar-refractivity contribution in [2.24, 2.45) is 5.73 Å². The van der Waals surface area contributed by atoms with Crippen LogP contribution >= 0.6 is 11.6 Å². The Kier molecular flexibility index (Phi) is 2.32. The van der Waals surface area contributed by atoms with E-state index < -0.39 is 0 Å². The maximum absolute atomic E-state index is 6.13. The maximum Gasteiger partial charge on any atom is 0.0440 e. The molecule has 0 atom stereocenters. The van der Waals surface area contributed by atoms with Crippen molar-refractivity contribution in [1.29, 1.82) is 0 Å². The number of halogens is 1. The summed E-state index contributed by atoms with van der Waals surface area (Å²) in [5.74, 6) is 0. The Morgan fingerprint density at radius 2 is 2.00 bits per heavy atom. The number of rotatable bonds is 2. The first-order chi connectivity index (χ1) is 6.50. The fourth-order valence-corrected chi connectivity index (χ4v) is 2.08. The van der Waals surface area contributed by atoms with Gasteiger partial charge in [0, 0.05) is 10.6 Å². The van der Waals surface area contributed by atoms with Crippen LogP contribution in [0.5, 0.6) is 0 Å². The van der Waals surface area contributed by atoms with Gasteiger partial charge in [-0.15, -0.1) is 0 Å². The quantitative estimate of drug-likeness (QED) is 0.797. The average Bonchev–Trinajstić information content (AvgIpc) is 2.79. The van der Waals surface area contributed by atoms with Crippen LogP contribution in [0.15, 0.2) is 12.1 Å². The summed E-state index contributed by atoms with van der Waals surface area (Å²) < 4.78 is 0. The highest BCUT2D eigenvalue weighted by Gasteiger charge is 2.38. The second-order valence-corrected chi connectivity index (χ2v) is 4.98. The maximum atomic E-state index is 6.13. The predicted octanol–water partition coefficient (Wildman–Crippen LogP) is 2.99. The van der Waals surface area contributed by atoms with Crippen molar-refractivity contribution in [1.82, 2.24) is 0 Å². The van der Waals surface area contributed by atoms with Gasteiger partial charge in [0.1, 0.15) is 0 Å². The van der Waals surface area contributed by atoms with E-state index in [0.29, 0.717) is 0 Å². The van der Waals surface area contributed by atoms with E-state index >= 15 is 0 Å². The van der Waals surface area contributed by atoms with Gasteiger partial charge in [0.15, 0.2) is 0 Å². The van der Waals surface area contributed by atoms with E-state index in [-0.39, 0.29) is 5.54 Å². The minimum Gasteiger partial charge on any atom is -0.325 e. The molecule has 0 saturated heterocycles. The average molecular weight is 210 g/mol. The molecule has 76 valence electrons. The summed E-state index contributed by atoms with van der Waals surface area (Å²) in [5.41, 5.74) is 9.90. The van der Waals surface area contributed by atoms with Crippen molar-refractivity contribution in [3.05, 3.63) is 33.8 Å². The predicted molar refractivity (Wildman–Crippen MR) is 60.8 cm³/mol. The van der Waals surface area contributed by atoms with E-state index in [2.05, 4.69) is 19.9 Å². The van der Waals surface area contributed by atoms with Crippen molar-refractivity contribution < 1.29 is 0 Å². The number of hydrogen-bond acceptors (Lipinski definition) is 1. The Morgan fingerprint density at radius 3 is 2.57 bits per heavy atom. The van der Waals surface area contributed by atoms with Crippen LogP contribution in [-0.4, -0.2) is 5.54 Å². The second kappa shape index (κ2) is 3.25. The minimum absolute atomic E-state index is 0.0713. The monoisotopic (exact) mass is 209 g/mol. The van der Waals surface area contributed by atoms with Crippen molar-refractivity contribution in [3.8, 4) is 0 Å². The zero-order valence-electron chi connectivity index (χ0n) is 8.73. The lowest BCUT2D eigenvalue weighted by atomic mass is 9.98. The molecule has 1 nitrogen and oxygen atoms in total. The molecule has 0 aromatic heterocycles. The summed E-state index contributed by atoms with van der Waals surface area (Å²) >= 11 is 6.13. The van der Waals surface area contributed by atoms with Gasteiger partial charge in [0.2, 0.25) is 0 Å². The summed E-state index contributed by atoms with van der Waals surface area (Å²) in [5, 5.41) is 0.865. The van der Waals surface area contributed by atoms with Gasteiger partial charge in [-0.25, -0.2) is 0 Å². The Labute approximate surface area is 90.3 Å². The molecule has 0 bridgehead atoms. The fraction of sp³-hybridized carbons (Fsp3) is 0.500. The number of hydrogen-bond donors (Lipinski definition) is 1. The summed E-state index contributed by atoms with van der Waals surface area (Å²) in [6, 6.07) is 4.21. The Morgan fingerprint density at radius 1 is 1.36 bits per heavy atom. The van der Waals surface area contributed by atoms with E-state index in [1.807, 2.05) is 6.07 Å². The molecule has 14 heavy (non-hydrogen) atoms. The van der Waals surface area contributed by atoms with E-state index in [9.17, 15) is 0 Å². The Balaban J connectivity index is 2.32. The zero-order chi connectivity index (χ0) is 10.3. The first-order valence-electron chi connectivity index (χ1n) is 5.05. The lowest BCUT2D eigenvalue weighted by Crippen LogP contribution is -2.25. The summed E-state index contributed by atoms with van der Waals surface area (Å²) in [6.07, 6.45) is 3.27. The van der Waals surface area contributed by atoms with Crippen molar-refractivity contribution in [3.63, 3.8) is 0 Å². The van der Waals surface area contributed by atoms with Crippen LogP contribution in [0.4, 0.5) is 0 Å². The van der Waals surface area contributed by atoms with Crippen LogP contribution in [0.3, 0.4) is 0 Å². The lowest BCUT2D eigenvalue weighted by molar-refractivity contribution is 0.669. The van der Waals surface area contributed by atoms with Crippen LogP contribution in [0.1, 0.15) is 29.5 Å². The van der Waals surface area contributed by atoms with Crippen LogP contribution in [0.2, 0.25) is 5.02 Å². The van der Waals surface area contributed by atoms with Crippen molar-refractivity contribution >= 4 is 11.6 Å². The highest BCUT2D eigenvalue weighted by molar-refractivity contribution is 6.31. The molecule has 1 aliphatic carbocycles. The molecule has 0 unspecified atom stereocenters. The minimum atomic E-state index is 0.0713. The van der Waals surface area contributed by atoms with E-state index in [4.69, 9.17) is 17.3 Å². The molecule has 2 heteroatoms. The second-order valence-electron chi connectivity index (χ2n) is 4.57. The third kappa shape index (κ3) is 1.94. The highest BCUT2D eigenvalue weighted by atomic mass is 35.5. The SMILES string of the molecule is Cc1cc(Cl)c(C)c(CC2(N)CC2)c1. The number of nitrogens with two attached hydrogens (primary N) is 1. The largest absolute Gasteiger partial charge is 0.325 e. The number of aryl methyl sites for hydroxylation is 1. The van der Waals surface area contributed by atoms with Crippen molar-refractivity contribution in [2.75, 3.05) is 0 Å². The molecule has 2 rings (SSSR count). The highest BCUT2D eigenvalue weighted by Crippen LogP contribution is 2.37. The van der Waals surface area contributed by atoms with Gasteiger partial charge in [0.25, 0.3) is 0 Å². The molecular weight excluding hydrogens is 194 g/mol. The van der Waals surface area contributed by atoms with Gasteiger partial charge in [-0.2, -0.15) is 0 Å². The van der Waals surface area contributed by atoms with Crippen LogP contribution in [0, 0.1) is 13.8 Å². The van der Waals surface area contributed by atoms with Gasteiger partial charge in [-0.1, -0.05) is 17.7 Å². The fourth-order valence-electron chi connectivity index (χ4n) is 1.79. The topological polar surface area (TPSA) is 26.0 Å². The molecule has 1 aromatic rings. The van der Waals surface area contributed by atoms with Gasteiger partial charge in [-0.05, 0) is 55.9 Å². The molecular formula is C12H16ClN. The molecule has 0 heterocycles. The smallest absolute Gasteiger partial charge is 0.0440 e. The molecule has 0 amide bonds. The number of benzene rings is 1. The standard InChI is InChI=1S/C12H16ClN/c1-8-5-10(7-12(14)3-4-12)9(2)11(13)6-8/h5-6H,3-4,7,14H2,1-2H3. The van der Waals surface area contributed by atoms with Crippen LogP contribution in [0.25, 0.3) is 0 Å². The molecule has 1 aromatic carbocycles. The van der Waals surface area contributed by atoms with Gasteiger partial charge >= 0.3 is 0 Å². The van der Waals surface area contributed by atoms with E-state index in [1.165, 1.54) is 16.7 Å². The van der Waals surface area contributed by atoms with Crippen molar-refractivity contribution in [2.45, 2.75) is 38.6 Å². The van der Waals surface area contributed by atoms with E-state index in [1.54, 1.807) is 0 Å². The third-order valence-electron chi connectivity index (χ3n) is 3.03. The summed E-state index contributed by atoms with van der Waals surface area (Å²) in [7, 11) is 0. The lowest BCUT2D eigenvalue weighted by Gasteiger charge is -2.13. The van der Waals surface area contributed by atoms with E-state index in [0.717, 1.165) is 24.3 Å². The molecule has 0 radical (unpaired) electrons. The molecule has 1 saturated carbocycles. The molecule has 1 fully saturated rings. The summed E-state index contributed by atoms with van der Waals surface area (Å²) in [6.45, 7) is 4.15. The zero-order valence-corrected chi connectivity index (χ0v) is 9.49. The van der Waals surface area contributed by atoms with Crippen LogP contribution in [-0.2, 0) is 6.42 Å². The summed E-state index contributed by atoms with van der Waals surface area (Å²) in [4.78, 5) is 0. The molecule has 2 N–H and O–H groups in total. The van der Waals surface area contributed by atoms with Crippen LogP contribution < -0.4 is 5.73 Å². The normalized spacial score (nSPS) is 18.3. The van der Waals surface area contributed by atoms with Gasteiger partial charge in [-0.3, -0.25) is 0 Å². The third-order valence-corrected chi connectivity index (χ3v) is 3.42. The Hall–Kier alpha value is -0.530. The molecule has 1 aliphatic rings. The Bertz CT molecular complexity index is 367. The first-order valence-corrected chi connectivity index (χ1v) is 5.42. The molecule has 0 aliphatic heterocycles.